The first-order chi connectivity index (χ1) is 13.1. The number of benzene rings is 1. The third-order valence-electron chi connectivity index (χ3n) is 6.00. The summed E-state index contributed by atoms with van der Waals surface area (Å²) in [4.78, 5) is 7.26. The van der Waals surface area contributed by atoms with Gasteiger partial charge >= 0.3 is 0 Å². The average Bonchev–Trinajstić information content (AvgIpc) is 3.38. The molecule has 1 aromatic heterocycles. The van der Waals surface area contributed by atoms with Crippen molar-refractivity contribution >= 4 is 35.6 Å². The predicted molar refractivity (Wildman–Crippen MR) is 124 cm³/mol. The van der Waals surface area contributed by atoms with Crippen LogP contribution < -0.4 is 10.2 Å². The van der Waals surface area contributed by atoms with Crippen molar-refractivity contribution in [2.75, 3.05) is 18.0 Å². The Hall–Kier alpha value is -1.90. The molecule has 0 atom stereocenters. The zero-order chi connectivity index (χ0) is 18.9. The second-order valence-electron chi connectivity index (χ2n) is 7.62. The SMILES string of the molecule is C=CCNC(=NCc1nnc(C)n1C)N1CC2(CCCC2)c2ccccc21.I. The Morgan fingerprint density at radius 2 is 2.04 bits per heavy atom. The van der Waals surface area contributed by atoms with Gasteiger partial charge < -0.3 is 14.8 Å². The maximum atomic E-state index is 4.90. The number of nitrogens with zero attached hydrogens (tertiary/aromatic N) is 5. The Kier molecular flexibility index (Phi) is 6.42. The molecule has 0 unspecified atom stereocenters. The van der Waals surface area contributed by atoms with Gasteiger partial charge in [-0.3, -0.25) is 0 Å². The summed E-state index contributed by atoms with van der Waals surface area (Å²) in [5.74, 6) is 2.66. The number of guanidine groups is 1. The van der Waals surface area contributed by atoms with Crippen molar-refractivity contribution in [1.82, 2.24) is 20.1 Å². The summed E-state index contributed by atoms with van der Waals surface area (Å²) in [5.41, 5.74) is 3.03. The lowest BCUT2D eigenvalue weighted by Crippen LogP contribution is -2.43. The number of nitrogens with one attached hydrogen (secondary N) is 1. The topological polar surface area (TPSA) is 58.3 Å². The smallest absolute Gasteiger partial charge is 0.199 e. The Balaban J connectivity index is 0.00000225. The number of para-hydroxylation sites is 1. The number of hydrogen-bond acceptors (Lipinski definition) is 3. The first-order valence-electron chi connectivity index (χ1n) is 9.76. The van der Waals surface area contributed by atoms with Gasteiger partial charge in [-0.25, -0.2) is 4.99 Å². The van der Waals surface area contributed by atoms with Crippen LogP contribution in [0.15, 0.2) is 41.9 Å². The fourth-order valence-electron chi connectivity index (χ4n) is 4.43. The highest BCUT2D eigenvalue weighted by molar-refractivity contribution is 14.0. The molecule has 1 fully saturated rings. The Bertz CT molecular complexity index is 866. The molecule has 4 rings (SSSR count). The zero-order valence-corrected chi connectivity index (χ0v) is 19.0. The highest BCUT2D eigenvalue weighted by atomic mass is 127. The molecule has 0 amide bonds. The van der Waals surface area contributed by atoms with E-state index in [1.165, 1.54) is 36.9 Å². The van der Waals surface area contributed by atoms with Crippen molar-refractivity contribution in [2.24, 2.45) is 12.0 Å². The van der Waals surface area contributed by atoms with Crippen LogP contribution >= 0.6 is 24.0 Å². The van der Waals surface area contributed by atoms with Gasteiger partial charge in [-0.2, -0.15) is 0 Å². The maximum Gasteiger partial charge on any atom is 0.199 e. The molecule has 1 aliphatic heterocycles. The van der Waals surface area contributed by atoms with Gasteiger partial charge in [0.2, 0.25) is 0 Å². The van der Waals surface area contributed by atoms with Crippen molar-refractivity contribution in [3.05, 3.63) is 54.1 Å². The minimum Gasteiger partial charge on any atom is -0.352 e. The second-order valence-corrected chi connectivity index (χ2v) is 7.62. The van der Waals surface area contributed by atoms with Gasteiger partial charge in [0.25, 0.3) is 0 Å². The van der Waals surface area contributed by atoms with Gasteiger partial charge in [0.1, 0.15) is 12.4 Å². The molecule has 6 nitrogen and oxygen atoms in total. The molecule has 1 spiro atoms. The third kappa shape index (κ3) is 3.68. The van der Waals surface area contributed by atoms with Gasteiger partial charge in [0.15, 0.2) is 11.8 Å². The largest absolute Gasteiger partial charge is 0.352 e. The summed E-state index contributed by atoms with van der Waals surface area (Å²) >= 11 is 0. The molecular weight excluding hydrogens is 463 g/mol. The molecule has 1 aromatic carbocycles. The molecule has 0 bridgehead atoms. The second kappa shape index (κ2) is 8.63. The van der Waals surface area contributed by atoms with E-state index in [4.69, 9.17) is 4.99 Å². The molecule has 1 aliphatic carbocycles. The maximum absolute atomic E-state index is 4.90. The molecule has 0 radical (unpaired) electrons. The van der Waals surface area contributed by atoms with Gasteiger partial charge in [0.05, 0.1) is 0 Å². The lowest BCUT2D eigenvalue weighted by atomic mass is 9.81. The molecule has 2 aliphatic rings. The van der Waals surface area contributed by atoms with Crippen LogP contribution in [0.4, 0.5) is 5.69 Å². The highest BCUT2D eigenvalue weighted by Gasteiger charge is 2.45. The van der Waals surface area contributed by atoms with Crippen LogP contribution in [0.25, 0.3) is 0 Å². The summed E-state index contributed by atoms with van der Waals surface area (Å²) in [6.45, 7) is 7.98. The first kappa shape index (κ1) is 20.8. The predicted octanol–water partition coefficient (Wildman–Crippen LogP) is 3.71. The molecular formula is C21H29IN6. The molecule has 28 heavy (non-hydrogen) atoms. The fourth-order valence-corrected chi connectivity index (χ4v) is 4.43. The van der Waals surface area contributed by atoms with Gasteiger partial charge in [-0.1, -0.05) is 37.1 Å². The quantitative estimate of drug-likeness (QED) is 0.306. The number of fused-ring (bicyclic) bond motifs is 2. The van der Waals surface area contributed by atoms with Crippen LogP contribution in [0.5, 0.6) is 0 Å². The lowest BCUT2D eigenvalue weighted by molar-refractivity contribution is 0.478. The Morgan fingerprint density at radius 1 is 1.29 bits per heavy atom. The standard InChI is InChI=1S/C21H28N6.HI/c1-4-13-22-20(23-14-19-25-24-16(2)26(19)3)27-15-21(11-7-8-12-21)17-9-5-6-10-18(17)27;/h4-6,9-10H,1,7-8,11-15H2,2-3H3,(H,22,23);1H. The van der Waals surface area contributed by atoms with Crippen LogP contribution in [0.3, 0.4) is 0 Å². The van der Waals surface area contributed by atoms with Crippen LogP contribution in [0.2, 0.25) is 0 Å². The normalized spacial score (nSPS) is 17.5. The number of aliphatic imine (C=N–C) groups is 1. The van der Waals surface area contributed by atoms with Crippen molar-refractivity contribution < 1.29 is 0 Å². The summed E-state index contributed by atoms with van der Waals surface area (Å²) in [6, 6.07) is 8.81. The van der Waals surface area contributed by atoms with E-state index in [9.17, 15) is 0 Å². The lowest BCUT2D eigenvalue weighted by Gasteiger charge is -2.26. The summed E-state index contributed by atoms with van der Waals surface area (Å²) in [7, 11) is 1.98. The number of aromatic nitrogens is 3. The van der Waals surface area contributed by atoms with Crippen LogP contribution in [0, 0.1) is 6.92 Å². The van der Waals surface area contributed by atoms with Crippen molar-refractivity contribution in [1.29, 1.82) is 0 Å². The molecule has 1 saturated carbocycles. The van der Waals surface area contributed by atoms with Crippen LogP contribution in [-0.2, 0) is 19.0 Å². The molecule has 7 heteroatoms. The van der Waals surface area contributed by atoms with E-state index in [-0.39, 0.29) is 29.4 Å². The summed E-state index contributed by atoms with van der Waals surface area (Å²) in [5, 5.41) is 11.8. The molecule has 2 aromatic rings. The molecule has 0 saturated heterocycles. The number of halogens is 1. The highest BCUT2D eigenvalue weighted by Crippen LogP contribution is 2.50. The monoisotopic (exact) mass is 492 g/mol. The number of rotatable bonds is 4. The molecule has 2 heterocycles. The molecule has 1 N–H and O–H groups in total. The van der Waals surface area contributed by atoms with E-state index in [0.717, 1.165) is 24.2 Å². The van der Waals surface area contributed by atoms with E-state index in [1.54, 1.807) is 0 Å². The van der Waals surface area contributed by atoms with E-state index >= 15 is 0 Å². The van der Waals surface area contributed by atoms with Crippen LogP contribution in [-0.4, -0.2) is 33.8 Å². The number of anilines is 1. The van der Waals surface area contributed by atoms with E-state index in [0.29, 0.717) is 13.1 Å². The van der Waals surface area contributed by atoms with Gasteiger partial charge in [-0.15, -0.1) is 40.8 Å². The fraction of sp³-hybridized carbons (Fsp3) is 0.476. The van der Waals surface area contributed by atoms with Crippen molar-refractivity contribution in [2.45, 2.75) is 44.6 Å². The minimum atomic E-state index is 0. The van der Waals surface area contributed by atoms with Crippen molar-refractivity contribution in [3.63, 3.8) is 0 Å². The van der Waals surface area contributed by atoms with E-state index < -0.39 is 0 Å². The number of hydrogen-bond donors (Lipinski definition) is 1. The minimum absolute atomic E-state index is 0. The van der Waals surface area contributed by atoms with E-state index in [2.05, 4.69) is 51.3 Å². The van der Waals surface area contributed by atoms with Crippen LogP contribution in [0.1, 0.15) is 42.9 Å². The first-order valence-corrected chi connectivity index (χ1v) is 9.76. The number of aryl methyl sites for hydroxylation is 1. The van der Waals surface area contributed by atoms with Crippen molar-refractivity contribution in [3.8, 4) is 0 Å². The average molecular weight is 492 g/mol. The molecule has 150 valence electrons. The van der Waals surface area contributed by atoms with E-state index in [1.807, 2.05) is 24.6 Å². The summed E-state index contributed by atoms with van der Waals surface area (Å²) < 4.78 is 1.99. The summed E-state index contributed by atoms with van der Waals surface area (Å²) in [6.07, 6.45) is 7.02. The van der Waals surface area contributed by atoms with Gasteiger partial charge in [0, 0.05) is 31.2 Å². The zero-order valence-electron chi connectivity index (χ0n) is 16.7. The van der Waals surface area contributed by atoms with Gasteiger partial charge in [-0.05, 0) is 31.4 Å². The Labute approximate surface area is 184 Å². The Morgan fingerprint density at radius 3 is 2.71 bits per heavy atom. The third-order valence-corrected chi connectivity index (χ3v) is 6.00.